The lowest BCUT2D eigenvalue weighted by Gasteiger charge is -2.15. The summed E-state index contributed by atoms with van der Waals surface area (Å²) < 4.78 is 9.75. The van der Waals surface area contributed by atoms with Gasteiger partial charge in [-0.2, -0.15) is 0 Å². The van der Waals surface area contributed by atoms with Gasteiger partial charge in [0, 0.05) is 23.2 Å². The van der Waals surface area contributed by atoms with E-state index in [0.717, 1.165) is 16.7 Å². The van der Waals surface area contributed by atoms with Crippen molar-refractivity contribution in [2.45, 2.75) is 19.4 Å². The van der Waals surface area contributed by atoms with Gasteiger partial charge in [0.05, 0.1) is 12.6 Å². The van der Waals surface area contributed by atoms with Crippen LogP contribution in [0.3, 0.4) is 0 Å². The molecule has 1 N–H and O–H groups in total. The maximum atomic E-state index is 11.9. The lowest BCUT2D eigenvalue weighted by Crippen LogP contribution is -2.37. The minimum absolute atomic E-state index is 0.0573. The van der Waals surface area contributed by atoms with E-state index in [0.29, 0.717) is 23.1 Å². The Bertz CT molecular complexity index is 845. The zero-order valence-electron chi connectivity index (χ0n) is 16.3. The fourth-order valence-corrected chi connectivity index (χ4v) is 3.27. The number of rotatable bonds is 9. The molecule has 0 unspecified atom stereocenters. The van der Waals surface area contributed by atoms with Gasteiger partial charge in [-0.1, -0.05) is 53.5 Å². The first-order valence-electron chi connectivity index (χ1n) is 9.10. The molecule has 0 fully saturated rings. The van der Waals surface area contributed by atoms with Gasteiger partial charge in [0.2, 0.25) is 5.91 Å². The van der Waals surface area contributed by atoms with Gasteiger partial charge in [0.1, 0.15) is 6.61 Å². The molecule has 0 spiro atoms. The van der Waals surface area contributed by atoms with Crippen LogP contribution in [0.1, 0.15) is 12.5 Å². The molecule has 7 heteroatoms. The van der Waals surface area contributed by atoms with E-state index in [1.807, 2.05) is 36.4 Å². The summed E-state index contributed by atoms with van der Waals surface area (Å²) in [6, 6.07) is 12.8. The summed E-state index contributed by atoms with van der Waals surface area (Å²) >= 11 is 12.2. The molecule has 0 aliphatic carbocycles. The molecule has 154 valence electrons. The molecule has 2 rings (SSSR count). The average molecular weight is 436 g/mol. The van der Waals surface area contributed by atoms with Gasteiger partial charge in [-0.05, 0) is 48.2 Å². The molecule has 0 aliphatic heterocycles. The molecule has 1 atom stereocenters. The van der Waals surface area contributed by atoms with Crippen LogP contribution >= 0.6 is 23.2 Å². The van der Waals surface area contributed by atoms with Gasteiger partial charge < -0.3 is 14.8 Å². The third-order valence-electron chi connectivity index (χ3n) is 3.98. The molecule has 0 saturated heterocycles. The van der Waals surface area contributed by atoms with Crippen LogP contribution in [0.4, 0.5) is 0 Å². The van der Waals surface area contributed by atoms with Crippen LogP contribution in [0.25, 0.3) is 11.1 Å². The highest BCUT2D eigenvalue weighted by atomic mass is 35.5. The van der Waals surface area contributed by atoms with Crippen LogP contribution in [0.15, 0.2) is 54.6 Å². The van der Waals surface area contributed by atoms with Crippen molar-refractivity contribution in [2.24, 2.45) is 0 Å². The molecule has 0 bridgehead atoms. The Kier molecular flexibility index (Phi) is 9.19. The number of carbonyl (C=O) groups is 2. The van der Waals surface area contributed by atoms with Crippen LogP contribution in [0.2, 0.25) is 10.0 Å². The molecule has 29 heavy (non-hydrogen) atoms. The predicted octanol–water partition coefficient (Wildman–Crippen LogP) is 4.45. The minimum atomic E-state index is -0.452. The summed E-state index contributed by atoms with van der Waals surface area (Å²) in [5.41, 5.74) is 2.87. The monoisotopic (exact) mass is 435 g/mol. The number of amides is 1. The summed E-state index contributed by atoms with van der Waals surface area (Å²) in [6.07, 6.45) is 3.45. The average Bonchev–Trinajstić information content (AvgIpc) is 2.66. The van der Waals surface area contributed by atoms with E-state index in [4.69, 9.17) is 32.7 Å². The van der Waals surface area contributed by atoms with Crippen LogP contribution in [0, 0.1) is 0 Å². The smallest absolute Gasteiger partial charge is 0.330 e. The fourth-order valence-electron chi connectivity index (χ4n) is 2.74. The van der Waals surface area contributed by atoms with Crippen LogP contribution in [0.5, 0.6) is 0 Å². The molecule has 1 amide bonds. The van der Waals surface area contributed by atoms with E-state index in [2.05, 4.69) is 5.32 Å². The Balaban J connectivity index is 2.14. The number of ether oxygens (including phenoxy) is 2. The maximum Gasteiger partial charge on any atom is 0.330 e. The van der Waals surface area contributed by atoms with E-state index in [9.17, 15) is 9.59 Å². The molecule has 2 aromatic rings. The van der Waals surface area contributed by atoms with Gasteiger partial charge in [-0.15, -0.1) is 0 Å². The normalized spacial score (nSPS) is 12.0. The number of hydrogen-bond donors (Lipinski definition) is 1. The Hall–Kier alpha value is -2.34. The number of benzene rings is 2. The van der Waals surface area contributed by atoms with Crippen molar-refractivity contribution in [1.29, 1.82) is 0 Å². The van der Waals surface area contributed by atoms with Crippen molar-refractivity contribution in [3.63, 3.8) is 0 Å². The van der Waals surface area contributed by atoms with E-state index in [1.165, 1.54) is 13.2 Å². The first kappa shape index (κ1) is 22.9. The molecule has 0 saturated carbocycles. The second-order valence-electron chi connectivity index (χ2n) is 6.28. The first-order valence-corrected chi connectivity index (χ1v) is 9.85. The summed E-state index contributed by atoms with van der Waals surface area (Å²) in [5.74, 6) is -0.720. The van der Waals surface area contributed by atoms with E-state index in [-0.39, 0.29) is 18.6 Å². The zero-order chi connectivity index (χ0) is 21.2. The van der Waals surface area contributed by atoms with E-state index >= 15 is 0 Å². The number of esters is 1. The van der Waals surface area contributed by atoms with Crippen molar-refractivity contribution in [1.82, 2.24) is 5.32 Å². The number of halogens is 2. The molecule has 0 heterocycles. The summed E-state index contributed by atoms with van der Waals surface area (Å²) in [7, 11) is 1.45. The Labute approximate surface area is 180 Å². The number of methoxy groups -OCH3 is 1. The first-order chi connectivity index (χ1) is 13.9. The molecule has 5 nitrogen and oxygen atoms in total. The second-order valence-corrected chi connectivity index (χ2v) is 7.15. The highest BCUT2D eigenvalue weighted by Gasteiger charge is 2.12. The number of hydrogen-bond acceptors (Lipinski definition) is 4. The fraction of sp³-hybridized carbons (Fsp3) is 0.273. The molecule has 0 aromatic heterocycles. The zero-order valence-corrected chi connectivity index (χ0v) is 17.8. The topological polar surface area (TPSA) is 64.6 Å². The summed E-state index contributed by atoms with van der Waals surface area (Å²) in [5, 5.41) is 3.97. The Morgan fingerprint density at radius 3 is 2.31 bits per heavy atom. The third-order valence-corrected chi connectivity index (χ3v) is 4.41. The molecular formula is C22H23Cl2NO4. The van der Waals surface area contributed by atoms with E-state index in [1.54, 1.807) is 19.1 Å². The SMILES string of the molecule is CCOC(=O)C=C[C@@H](Cc1ccc(-c2cc(Cl)cc(Cl)c2)cc1)NC(=O)COC. The largest absolute Gasteiger partial charge is 0.463 e. The Morgan fingerprint density at radius 1 is 1.07 bits per heavy atom. The second kappa shape index (κ2) is 11.6. The summed E-state index contributed by atoms with van der Waals surface area (Å²) in [4.78, 5) is 23.5. The molecular weight excluding hydrogens is 413 g/mol. The van der Waals surface area contributed by atoms with Crippen molar-refractivity contribution in [2.75, 3.05) is 20.3 Å². The van der Waals surface area contributed by atoms with Crippen molar-refractivity contribution < 1.29 is 19.1 Å². The predicted molar refractivity (Wildman–Crippen MR) is 115 cm³/mol. The lowest BCUT2D eigenvalue weighted by atomic mass is 10.0. The molecule has 0 radical (unpaired) electrons. The van der Waals surface area contributed by atoms with Crippen molar-refractivity contribution in [3.05, 3.63) is 70.2 Å². The Morgan fingerprint density at radius 2 is 1.72 bits per heavy atom. The van der Waals surface area contributed by atoms with Gasteiger partial charge in [0.15, 0.2) is 0 Å². The van der Waals surface area contributed by atoms with Crippen LogP contribution in [-0.4, -0.2) is 38.2 Å². The van der Waals surface area contributed by atoms with E-state index < -0.39 is 5.97 Å². The van der Waals surface area contributed by atoms with Gasteiger partial charge >= 0.3 is 5.97 Å². The van der Waals surface area contributed by atoms with Gasteiger partial charge in [0.25, 0.3) is 0 Å². The molecule has 0 aliphatic rings. The maximum absolute atomic E-state index is 11.9. The van der Waals surface area contributed by atoms with Crippen molar-refractivity contribution in [3.8, 4) is 11.1 Å². The standard InChI is InChI=1S/C22H23Cl2NO4/c1-3-29-22(27)9-8-20(25-21(26)14-28-2)10-15-4-6-16(7-5-15)17-11-18(23)13-19(24)12-17/h4-9,11-13,20H,3,10,14H2,1-2H3,(H,25,26)/t20-/m0/s1. The van der Waals surface area contributed by atoms with Gasteiger partial charge in [-0.25, -0.2) is 4.79 Å². The van der Waals surface area contributed by atoms with Crippen LogP contribution < -0.4 is 5.32 Å². The highest BCUT2D eigenvalue weighted by molar-refractivity contribution is 6.35. The van der Waals surface area contributed by atoms with Crippen molar-refractivity contribution >= 4 is 35.1 Å². The minimum Gasteiger partial charge on any atom is -0.463 e. The molecule has 2 aromatic carbocycles. The third kappa shape index (κ3) is 7.89. The lowest BCUT2D eigenvalue weighted by molar-refractivity contribution is -0.137. The number of carbonyl (C=O) groups excluding carboxylic acids is 2. The highest BCUT2D eigenvalue weighted by Crippen LogP contribution is 2.27. The van der Waals surface area contributed by atoms with Crippen LogP contribution in [-0.2, 0) is 25.5 Å². The quantitative estimate of drug-likeness (QED) is 0.466. The number of nitrogens with one attached hydrogen (secondary N) is 1. The summed E-state index contributed by atoms with van der Waals surface area (Å²) in [6.45, 7) is 1.97. The van der Waals surface area contributed by atoms with Gasteiger partial charge in [-0.3, -0.25) is 4.79 Å².